The average molecular weight is 301 g/mol. The van der Waals surface area contributed by atoms with Crippen molar-refractivity contribution in [3.05, 3.63) is 29.5 Å². The molecule has 1 atom stereocenters. The van der Waals surface area contributed by atoms with Crippen LogP contribution in [0, 0.1) is 6.92 Å². The molecule has 118 valence electrons. The smallest absolute Gasteiger partial charge is 0.410 e. The fourth-order valence-corrected chi connectivity index (χ4v) is 2.94. The summed E-state index contributed by atoms with van der Waals surface area (Å²) in [5, 5.41) is 8.70. The van der Waals surface area contributed by atoms with Crippen molar-refractivity contribution in [1.29, 1.82) is 0 Å². The van der Waals surface area contributed by atoms with Gasteiger partial charge in [0.15, 0.2) is 0 Å². The molecule has 1 aliphatic rings. The highest BCUT2D eigenvalue weighted by Crippen LogP contribution is 2.31. The molecule has 1 saturated heterocycles. The number of aromatic nitrogens is 2. The molecule has 2 heterocycles. The number of amides is 1. The second-order valence-corrected chi connectivity index (χ2v) is 7.07. The van der Waals surface area contributed by atoms with Crippen molar-refractivity contribution in [3.8, 4) is 0 Å². The molecule has 1 aliphatic heterocycles. The Balaban J connectivity index is 1.77. The van der Waals surface area contributed by atoms with Crippen LogP contribution in [0.4, 0.5) is 4.79 Å². The van der Waals surface area contributed by atoms with Crippen LogP contribution >= 0.6 is 0 Å². The minimum Gasteiger partial charge on any atom is -0.444 e. The van der Waals surface area contributed by atoms with Crippen LogP contribution < -0.4 is 0 Å². The number of nitrogens with one attached hydrogen (secondary N) is 1. The van der Waals surface area contributed by atoms with Gasteiger partial charge in [0.05, 0.1) is 5.52 Å². The first-order valence-corrected chi connectivity index (χ1v) is 7.76. The number of likely N-dealkylation sites (tertiary alicyclic amines) is 1. The van der Waals surface area contributed by atoms with Crippen molar-refractivity contribution in [2.45, 2.75) is 45.6 Å². The van der Waals surface area contributed by atoms with Crippen LogP contribution in [0.3, 0.4) is 0 Å². The Hall–Kier alpha value is -2.04. The summed E-state index contributed by atoms with van der Waals surface area (Å²) in [6.07, 6.45) is 0.708. The van der Waals surface area contributed by atoms with Crippen LogP contribution in [0.1, 0.15) is 44.4 Å². The molecule has 0 spiro atoms. The van der Waals surface area contributed by atoms with E-state index < -0.39 is 5.60 Å². The van der Waals surface area contributed by atoms with Crippen molar-refractivity contribution < 1.29 is 9.53 Å². The number of carbonyl (C=O) groups is 1. The van der Waals surface area contributed by atoms with Gasteiger partial charge < -0.3 is 9.64 Å². The van der Waals surface area contributed by atoms with Crippen molar-refractivity contribution in [3.63, 3.8) is 0 Å². The Kier molecular flexibility index (Phi) is 3.59. The van der Waals surface area contributed by atoms with Gasteiger partial charge in [-0.05, 0) is 46.2 Å². The highest BCUT2D eigenvalue weighted by molar-refractivity contribution is 5.82. The van der Waals surface area contributed by atoms with Gasteiger partial charge in [-0.1, -0.05) is 11.6 Å². The zero-order chi connectivity index (χ0) is 15.9. The zero-order valence-corrected chi connectivity index (χ0v) is 13.6. The molecule has 1 aromatic carbocycles. The van der Waals surface area contributed by atoms with E-state index in [1.54, 1.807) is 4.90 Å². The average Bonchev–Trinajstić information content (AvgIpc) is 3.01. The maximum Gasteiger partial charge on any atom is 0.410 e. The lowest BCUT2D eigenvalue weighted by molar-refractivity contribution is 0.0292. The van der Waals surface area contributed by atoms with Crippen LogP contribution in [0.2, 0.25) is 0 Å². The molecular formula is C17H23N3O2. The molecule has 1 amide bonds. The number of fused-ring (bicyclic) bond motifs is 1. The number of aromatic amines is 1. The van der Waals surface area contributed by atoms with E-state index in [1.807, 2.05) is 26.8 Å². The summed E-state index contributed by atoms with van der Waals surface area (Å²) in [7, 11) is 0. The van der Waals surface area contributed by atoms with E-state index in [1.165, 1.54) is 5.56 Å². The number of nitrogens with zero attached hydrogens (tertiary/aromatic N) is 2. The molecule has 0 saturated carbocycles. The van der Waals surface area contributed by atoms with Crippen molar-refractivity contribution in [2.24, 2.45) is 0 Å². The summed E-state index contributed by atoms with van der Waals surface area (Å²) in [6, 6.07) is 6.25. The summed E-state index contributed by atoms with van der Waals surface area (Å²) in [4.78, 5) is 14.0. The monoisotopic (exact) mass is 301 g/mol. The van der Waals surface area contributed by atoms with Gasteiger partial charge in [0.2, 0.25) is 0 Å². The minimum absolute atomic E-state index is 0.227. The van der Waals surface area contributed by atoms with Gasteiger partial charge in [-0.25, -0.2) is 4.79 Å². The van der Waals surface area contributed by atoms with Gasteiger partial charge in [0, 0.05) is 30.1 Å². The van der Waals surface area contributed by atoms with Gasteiger partial charge in [-0.2, -0.15) is 5.10 Å². The molecule has 2 aromatic rings. The highest BCUT2D eigenvalue weighted by Gasteiger charge is 2.32. The van der Waals surface area contributed by atoms with E-state index in [9.17, 15) is 4.79 Å². The molecule has 1 unspecified atom stereocenters. The third kappa shape index (κ3) is 2.93. The highest BCUT2D eigenvalue weighted by atomic mass is 16.6. The first-order valence-electron chi connectivity index (χ1n) is 7.76. The van der Waals surface area contributed by atoms with E-state index in [4.69, 9.17) is 4.74 Å². The summed E-state index contributed by atoms with van der Waals surface area (Å²) < 4.78 is 5.46. The maximum atomic E-state index is 12.2. The van der Waals surface area contributed by atoms with E-state index in [0.29, 0.717) is 12.5 Å². The third-order valence-electron chi connectivity index (χ3n) is 3.99. The predicted octanol–water partition coefficient (Wildman–Crippen LogP) is 3.60. The lowest BCUT2D eigenvalue weighted by atomic mass is 10.0. The quantitative estimate of drug-likeness (QED) is 0.875. The topological polar surface area (TPSA) is 58.2 Å². The van der Waals surface area contributed by atoms with Gasteiger partial charge in [0.1, 0.15) is 5.60 Å². The standard InChI is InChI=1S/C17H23N3O2/c1-11-5-6-14-13(9-11)15(19-18-14)12-7-8-20(10-12)16(21)22-17(2,3)4/h5-6,9,12H,7-8,10H2,1-4H3,(H,18,19). The molecule has 22 heavy (non-hydrogen) atoms. The number of carbonyl (C=O) groups excluding carboxylic acids is 1. The lowest BCUT2D eigenvalue weighted by Gasteiger charge is -2.24. The number of hydrogen-bond acceptors (Lipinski definition) is 3. The maximum absolute atomic E-state index is 12.2. The van der Waals surface area contributed by atoms with Gasteiger partial charge in [0.25, 0.3) is 0 Å². The van der Waals surface area contributed by atoms with Crippen molar-refractivity contribution >= 4 is 17.0 Å². The summed E-state index contributed by atoms with van der Waals surface area (Å²) in [5.74, 6) is 0.291. The number of ether oxygens (including phenoxy) is 1. The summed E-state index contributed by atoms with van der Waals surface area (Å²) in [6.45, 7) is 9.17. The first-order chi connectivity index (χ1) is 10.3. The van der Waals surface area contributed by atoms with Crippen molar-refractivity contribution in [1.82, 2.24) is 15.1 Å². The molecule has 3 rings (SSSR count). The SMILES string of the molecule is Cc1ccc2n[nH]c(C3CCN(C(=O)OC(C)(C)C)C3)c2c1. The minimum atomic E-state index is -0.451. The second kappa shape index (κ2) is 5.30. The molecule has 0 aliphatic carbocycles. The Morgan fingerprint density at radius 2 is 2.18 bits per heavy atom. The van der Waals surface area contributed by atoms with Crippen LogP contribution in [-0.2, 0) is 4.74 Å². The molecule has 0 bridgehead atoms. The second-order valence-electron chi connectivity index (χ2n) is 7.07. The van der Waals surface area contributed by atoms with Crippen LogP contribution in [0.5, 0.6) is 0 Å². The van der Waals surface area contributed by atoms with Gasteiger partial charge >= 0.3 is 6.09 Å². The summed E-state index contributed by atoms with van der Waals surface area (Å²) in [5.41, 5.74) is 2.88. The largest absolute Gasteiger partial charge is 0.444 e. The molecule has 0 radical (unpaired) electrons. The Morgan fingerprint density at radius 3 is 2.91 bits per heavy atom. The molecule has 1 N–H and O–H groups in total. The first kappa shape index (κ1) is 14.9. The van der Waals surface area contributed by atoms with E-state index >= 15 is 0 Å². The molecule has 5 nitrogen and oxygen atoms in total. The van der Waals surface area contributed by atoms with Crippen LogP contribution in [-0.4, -0.2) is 39.9 Å². The molecular weight excluding hydrogens is 278 g/mol. The number of hydrogen-bond donors (Lipinski definition) is 1. The van der Waals surface area contributed by atoms with Crippen molar-refractivity contribution in [2.75, 3.05) is 13.1 Å². The number of H-pyrrole nitrogens is 1. The molecule has 5 heteroatoms. The van der Waals surface area contributed by atoms with E-state index in [-0.39, 0.29) is 6.09 Å². The molecule has 1 fully saturated rings. The number of rotatable bonds is 1. The Morgan fingerprint density at radius 1 is 1.41 bits per heavy atom. The predicted molar refractivity (Wildman–Crippen MR) is 86.0 cm³/mol. The Labute approximate surface area is 130 Å². The number of aryl methyl sites for hydroxylation is 1. The van der Waals surface area contributed by atoms with Crippen LogP contribution in [0.15, 0.2) is 18.2 Å². The van der Waals surface area contributed by atoms with Gasteiger partial charge in [-0.15, -0.1) is 0 Å². The third-order valence-corrected chi connectivity index (χ3v) is 3.99. The summed E-state index contributed by atoms with van der Waals surface area (Å²) >= 11 is 0. The van der Waals surface area contributed by atoms with Gasteiger partial charge in [-0.3, -0.25) is 5.10 Å². The Bertz CT molecular complexity index is 699. The fraction of sp³-hybridized carbons (Fsp3) is 0.529. The molecule has 1 aromatic heterocycles. The number of benzene rings is 1. The fourth-order valence-electron chi connectivity index (χ4n) is 2.94. The van der Waals surface area contributed by atoms with E-state index in [2.05, 4.69) is 29.3 Å². The normalized spacial score (nSPS) is 18.9. The van der Waals surface area contributed by atoms with E-state index in [0.717, 1.165) is 29.6 Å². The van der Waals surface area contributed by atoms with Crippen LogP contribution in [0.25, 0.3) is 10.9 Å². The zero-order valence-electron chi connectivity index (χ0n) is 13.6. The lowest BCUT2D eigenvalue weighted by Crippen LogP contribution is -2.35.